The molecule has 0 saturated heterocycles. The third kappa shape index (κ3) is 3.40. The molecule has 0 spiro atoms. The summed E-state index contributed by atoms with van der Waals surface area (Å²) < 4.78 is 1.17. The molecule has 65 valence electrons. The van der Waals surface area contributed by atoms with Crippen LogP contribution in [-0.4, -0.2) is 0 Å². The highest BCUT2D eigenvalue weighted by molar-refractivity contribution is 9.10. The van der Waals surface area contributed by atoms with Crippen LogP contribution in [0.1, 0.15) is 25.3 Å². The van der Waals surface area contributed by atoms with Gasteiger partial charge in [0, 0.05) is 4.47 Å². The molecule has 1 heteroatoms. The summed E-state index contributed by atoms with van der Waals surface area (Å²) in [5.41, 5.74) is 1.39. The number of hydrogen-bond donors (Lipinski definition) is 0. The van der Waals surface area contributed by atoms with Crippen molar-refractivity contribution in [2.75, 3.05) is 0 Å². The van der Waals surface area contributed by atoms with E-state index < -0.39 is 0 Å². The number of halogens is 1. The maximum atomic E-state index is 3.46. The average Bonchev–Trinajstić information content (AvgIpc) is 2.05. The number of benzene rings is 1. The molecule has 0 fully saturated rings. The maximum Gasteiger partial charge on any atom is 0.0177 e. The van der Waals surface area contributed by atoms with E-state index in [0.29, 0.717) is 0 Å². The van der Waals surface area contributed by atoms with Crippen LogP contribution in [0, 0.1) is 6.42 Å². The molecule has 0 heterocycles. The van der Waals surface area contributed by atoms with Crippen molar-refractivity contribution in [2.24, 2.45) is 0 Å². The van der Waals surface area contributed by atoms with Gasteiger partial charge in [-0.2, -0.15) is 0 Å². The Balaban J connectivity index is 2.41. The van der Waals surface area contributed by atoms with Gasteiger partial charge in [-0.05, 0) is 30.5 Å². The number of rotatable bonds is 4. The minimum absolute atomic E-state index is 1.09. The second-order valence-electron chi connectivity index (χ2n) is 2.91. The zero-order chi connectivity index (χ0) is 8.81. The molecule has 0 bridgehead atoms. The van der Waals surface area contributed by atoms with E-state index in [0.717, 1.165) is 6.42 Å². The summed E-state index contributed by atoms with van der Waals surface area (Å²) in [6.45, 7) is 2.21. The third-order valence-electron chi connectivity index (χ3n) is 1.76. The fraction of sp³-hybridized carbons (Fsp3) is 0.364. The molecule has 0 aliphatic rings. The highest BCUT2D eigenvalue weighted by Crippen LogP contribution is 2.13. The summed E-state index contributed by atoms with van der Waals surface area (Å²) in [7, 11) is 0. The quantitative estimate of drug-likeness (QED) is 0.681. The molecule has 0 nitrogen and oxygen atoms in total. The van der Waals surface area contributed by atoms with E-state index in [1.807, 2.05) is 0 Å². The molecule has 1 aromatic carbocycles. The van der Waals surface area contributed by atoms with Crippen molar-refractivity contribution < 1.29 is 0 Å². The summed E-state index contributed by atoms with van der Waals surface area (Å²) >= 11 is 3.46. The van der Waals surface area contributed by atoms with Crippen molar-refractivity contribution in [1.82, 2.24) is 0 Å². The predicted octanol–water partition coefficient (Wildman–Crippen LogP) is 4.00. The molecule has 1 rings (SSSR count). The Labute approximate surface area is 83.1 Å². The van der Waals surface area contributed by atoms with Crippen molar-refractivity contribution in [2.45, 2.75) is 26.2 Å². The van der Waals surface area contributed by atoms with Gasteiger partial charge in [0.25, 0.3) is 0 Å². The molecular weight excluding hydrogens is 212 g/mol. The Morgan fingerprint density at radius 3 is 2.92 bits per heavy atom. The Morgan fingerprint density at radius 2 is 2.25 bits per heavy atom. The van der Waals surface area contributed by atoms with Crippen LogP contribution in [0.5, 0.6) is 0 Å². The van der Waals surface area contributed by atoms with E-state index in [4.69, 9.17) is 0 Å². The van der Waals surface area contributed by atoms with Gasteiger partial charge >= 0.3 is 0 Å². The molecule has 1 radical (unpaired) electrons. The fourth-order valence-corrected chi connectivity index (χ4v) is 1.58. The molecule has 12 heavy (non-hydrogen) atoms. The lowest BCUT2D eigenvalue weighted by Gasteiger charge is -1.99. The molecule has 0 amide bonds. The summed E-state index contributed by atoms with van der Waals surface area (Å²) in [5, 5.41) is 0. The van der Waals surface area contributed by atoms with Crippen molar-refractivity contribution in [3.63, 3.8) is 0 Å². The van der Waals surface area contributed by atoms with Gasteiger partial charge in [-0.1, -0.05) is 47.8 Å². The van der Waals surface area contributed by atoms with Crippen molar-refractivity contribution in [3.8, 4) is 0 Å². The van der Waals surface area contributed by atoms with E-state index in [1.165, 1.54) is 22.9 Å². The van der Waals surface area contributed by atoms with E-state index >= 15 is 0 Å². The molecule has 0 N–H and O–H groups in total. The van der Waals surface area contributed by atoms with Crippen LogP contribution in [-0.2, 0) is 6.42 Å². The van der Waals surface area contributed by atoms with Crippen molar-refractivity contribution in [3.05, 3.63) is 40.7 Å². The largest absolute Gasteiger partial charge is 0.0654 e. The molecule has 0 unspecified atom stereocenters. The predicted molar refractivity (Wildman–Crippen MR) is 57.1 cm³/mol. The van der Waals surface area contributed by atoms with Crippen LogP contribution in [0.2, 0.25) is 0 Å². The van der Waals surface area contributed by atoms with Crippen LogP contribution in [0.25, 0.3) is 0 Å². The molecule has 0 saturated carbocycles. The highest BCUT2D eigenvalue weighted by Gasteiger charge is 1.93. The lowest BCUT2D eigenvalue weighted by molar-refractivity contribution is 0.864. The maximum absolute atomic E-state index is 3.46. The van der Waals surface area contributed by atoms with Gasteiger partial charge in [0.05, 0.1) is 0 Å². The molecule has 1 aromatic rings. The Bertz CT molecular complexity index is 230. The van der Waals surface area contributed by atoms with Crippen LogP contribution >= 0.6 is 15.9 Å². The molecule has 0 aliphatic carbocycles. The van der Waals surface area contributed by atoms with E-state index in [-0.39, 0.29) is 0 Å². The van der Waals surface area contributed by atoms with E-state index in [1.54, 1.807) is 0 Å². The normalized spacial score (nSPS) is 10.2. The Morgan fingerprint density at radius 1 is 1.42 bits per heavy atom. The molecule has 0 aliphatic heterocycles. The van der Waals surface area contributed by atoms with Gasteiger partial charge in [0.2, 0.25) is 0 Å². The van der Waals surface area contributed by atoms with E-state index in [9.17, 15) is 0 Å². The topological polar surface area (TPSA) is 0 Å². The van der Waals surface area contributed by atoms with Gasteiger partial charge in [-0.15, -0.1) is 0 Å². The number of hydrogen-bond acceptors (Lipinski definition) is 0. The summed E-state index contributed by atoms with van der Waals surface area (Å²) in [5.74, 6) is 0. The SMILES string of the molecule is CCC[CH]Cc1cccc(Br)c1. The zero-order valence-electron chi connectivity index (χ0n) is 7.39. The first kappa shape index (κ1) is 9.79. The minimum atomic E-state index is 1.09. The lowest BCUT2D eigenvalue weighted by atomic mass is 10.1. The Hall–Kier alpha value is -0.300. The Kier molecular flexibility index (Phi) is 4.37. The van der Waals surface area contributed by atoms with Gasteiger partial charge in [0.1, 0.15) is 0 Å². The standard InChI is InChI=1S/C11H14Br/c1-2-3-4-6-10-7-5-8-11(12)9-10/h4-5,7-9H,2-3,6H2,1H3. The van der Waals surface area contributed by atoms with E-state index in [2.05, 4.69) is 53.5 Å². The summed E-state index contributed by atoms with van der Waals surface area (Å²) in [6, 6.07) is 8.48. The molecule has 0 atom stereocenters. The van der Waals surface area contributed by atoms with Crippen LogP contribution < -0.4 is 0 Å². The van der Waals surface area contributed by atoms with Crippen LogP contribution in [0.4, 0.5) is 0 Å². The smallest absolute Gasteiger partial charge is 0.0177 e. The zero-order valence-corrected chi connectivity index (χ0v) is 8.97. The summed E-state index contributed by atoms with van der Waals surface area (Å²) in [4.78, 5) is 0. The van der Waals surface area contributed by atoms with Gasteiger partial charge in [-0.25, -0.2) is 0 Å². The highest BCUT2D eigenvalue weighted by atomic mass is 79.9. The summed E-state index contributed by atoms with van der Waals surface area (Å²) in [6.07, 6.45) is 5.88. The van der Waals surface area contributed by atoms with Gasteiger partial charge in [-0.3, -0.25) is 0 Å². The second kappa shape index (κ2) is 5.36. The first-order chi connectivity index (χ1) is 5.83. The first-order valence-electron chi connectivity index (χ1n) is 4.39. The van der Waals surface area contributed by atoms with Gasteiger partial charge < -0.3 is 0 Å². The average molecular weight is 226 g/mol. The van der Waals surface area contributed by atoms with Crippen molar-refractivity contribution in [1.29, 1.82) is 0 Å². The van der Waals surface area contributed by atoms with Crippen molar-refractivity contribution >= 4 is 15.9 Å². The number of unbranched alkanes of at least 4 members (excludes halogenated alkanes) is 2. The van der Waals surface area contributed by atoms with Gasteiger partial charge in [0.15, 0.2) is 0 Å². The first-order valence-corrected chi connectivity index (χ1v) is 5.18. The minimum Gasteiger partial charge on any atom is -0.0654 e. The second-order valence-corrected chi connectivity index (χ2v) is 3.83. The molecule has 0 aromatic heterocycles. The fourth-order valence-electron chi connectivity index (χ4n) is 1.14. The lowest BCUT2D eigenvalue weighted by Crippen LogP contribution is -1.85. The van der Waals surface area contributed by atoms with Crippen LogP contribution in [0.15, 0.2) is 28.7 Å². The third-order valence-corrected chi connectivity index (χ3v) is 2.26. The molecular formula is C11H14Br. The van der Waals surface area contributed by atoms with Crippen LogP contribution in [0.3, 0.4) is 0 Å². The monoisotopic (exact) mass is 225 g/mol.